The monoisotopic (exact) mass is 417 g/mol. The number of anilines is 1. The molecule has 0 aliphatic carbocycles. The average molecular weight is 417 g/mol. The number of nitrogens with zero attached hydrogens (tertiary/aromatic N) is 1. The molecule has 0 fully saturated rings. The van der Waals surface area contributed by atoms with Crippen molar-refractivity contribution in [1.82, 2.24) is 9.88 Å². The lowest BCUT2D eigenvalue weighted by atomic mass is 10.0. The van der Waals surface area contributed by atoms with Crippen molar-refractivity contribution in [2.75, 3.05) is 12.3 Å². The van der Waals surface area contributed by atoms with Crippen LogP contribution in [0.15, 0.2) is 59.4 Å². The van der Waals surface area contributed by atoms with Crippen LogP contribution in [0.25, 0.3) is 16.8 Å². The van der Waals surface area contributed by atoms with E-state index >= 15 is 0 Å². The number of aromatic nitrogens is 1. The molecule has 0 saturated carbocycles. The first-order valence-corrected chi connectivity index (χ1v) is 10.2. The van der Waals surface area contributed by atoms with Gasteiger partial charge in [-0.15, -0.1) is 0 Å². The van der Waals surface area contributed by atoms with Crippen LogP contribution in [0.2, 0.25) is 0 Å². The Morgan fingerprint density at radius 3 is 2.45 bits per heavy atom. The number of nitrogens with one attached hydrogen (secondary N) is 1. The van der Waals surface area contributed by atoms with Crippen LogP contribution in [0.3, 0.4) is 0 Å². The first kappa shape index (κ1) is 20.4. The number of ether oxygens (including phenoxy) is 1. The average Bonchev–Trinajstić information content (AvgIpc) is 3.05. The van der Waals surface area contributed by atoms with Gasteiger partial charge in [0.2, 0.25) is 0 Å². The molecule has 2 aromatic carbocycles. The number of hydrogen-bond donors (Lipinski definition) is 2. The van der Waals surface area contributed by atoms with Gasteiger partial charge in [0.15, 0.2) is 0 Å². The van der Waals surface area contributed by atoms with E-state index in [0.29, 0.717) is 18.0 Å². The second kappa shape index (κ2) is 8.47. The third kappa shape index (κ3) is 3.82. The molecule has 0 saturated heterocycles. The summed E-state index contributed by atoms with van der Waals surface area (Å²) in [5.74, 6) is -0.843. The van der Waals surface area contributed by atoms with Crippen LogP contribution in [0.1, 0.15) is 46.9 Å². The number of carbonyl (C=O) groups is 2. The number of amides is 2. The van der Waals surface area contributed by atoms with E-state index in [1.807, 2.05) is 42.5 Å². The minimum atomic E-state index is -0.620. The third-order valence-electron chi connectivity index (χ3n) is 5.27. The molecule has 1 aliphatic rings. The van der Waals surface area contributed by atoms with Crippen molar-refractivity contribution in [3.63, 3.8) is 0 Å². The van der Waals surface area contributed by atoms with Gasteiger partial charge >= 0.3 is 0 Å². The van der Waals surface area contributed by atoms with E-state index in [-0.39, 0.29) is 16.9 Å². The summed E-state index contributed by atoms with van der Waals surface area (Å²) in [7, 11) is 0. The quantitative estimate of drug-likeness (QED) is 0.452. The van der Waals surface area contributed by atoms with E-state index in [1.165, 1.54) is 4.57 Å². The molecular formula is C24H23N3O4. The van der Waals surface area contributed by atoms with E-state index in [9.17, 15) is 14.4 Å². The van der Waals surface area contributed by atoms with Crippen molar-refractivity contribution >= 4 is 17.6 Å². The van der Waals surface area contributed by atoms with Gasteiger partial charge in [-0.2, -0.15) is 0 Å². The molecule has 7 nitrogen and oxygen atoms in total. The highest BCUT2D eigenvalue weighted by molar-refractivity contribution is 6.23. The second-order valence-corrected chi connectivity index (χ2v) is 7.38. The van der Waals surface area contributed by atoms with Gasteiger partial charge in [-0.1, -0.05) is 56.2 Å². The van der Waals surface area contributed by atoms with Gasteiger partial charge in [-0.25, -0.2) is 0 Å². The van der Waals surface area contributed by atoms with Crippen LogP contribution in [0.5, 0.6) is 5.75 Å². The van der Waals surface area contributed by atoms with Crippen LogP contribution >= 0.6 is 0 Å². The van der Waals surface area contributed by atoms with Crippen molar-refractivity contribution in [3.8, 4) is 22.6 Å². The van der Waals surface area contributed by atoms with Crippen LogP contribution in [0, 0.1) is 0 Å². The van der Waals surface area contributed by atoms with Crippen molar-refractivity contribution in [2.24, 2.45) is 0 Å². The minimum absolute atomic E-state index is 0.00613. The van der Waals surface area contributed by atoms with E-state index in [1.54, 1.807) is 6.07 Å². The van der Waals surface area contributed by atoms with Crippen LogP contribution < -0.4 is 21.3 Å². The Labute approximate surface area is 179 Å². The molecule has 3 aromatic rings. The molecule has 0 unspecified atom stereocenters. The van der Waals surface area contributed by atoms with Crippen LogP contribution in [-0.4, -0.2) is 23.0 Å². The number of pyridine rings is 1. The molecule has 2 heterocycles. The lowest BCUT2D eigenvalue weighted by Gasteiger charge is -2.18. The summed E-state index contributed by atoms with van der Waals surface area (Å²) in [5.41, 5.74) is 7.99. The topological polar surface area (TPSA) is 103 Å². The molecule has 2 amide bonds. The van der Waals surface area contributed by atoms with Crippen molar-refractivity contribution in [2.45, 2.75) is 26.2 Å². The molecule has 1 aliphatic heterocycles. The molecule has 0 radical (unpaired) electrons. The SMILES string of the molecule is CCCCCOc1ccc(-c2ccccc2)cc1-n1c(N)c2c(cc1=O)C(=O)NC2=O. The summed E-state index contributed by atoms with van der Waals surface area (Å²) in [5, 5.41) is 2.19. The maximum Gasteiger partial charge on any atom is 0.262 e. The van der Waals surface area contributed by atoms with E-state index in [0.717, 1.165) is 36.5 Å². The van der Waals surface area contributed by atoms with Gasteiger partial charge in [0, 0.05) is 6.07 Å². The molecule has 0 bridgehead atoms. The first-order chi connectivity index (χ1) is 15.0. The Kier molecular flexibility index (Phi) is 5.58. The molecular weight excluding hydrogens is 394 g/mol. The number of unbranched alkanes of at least 4 members (excludes halogenated alkanes) is 2. The standard InChI is InChI=1S/C24H23N3O4/c1-2-3-7-12-31-19-11-10-16(15-8-5-4-6-9-15)13-18(19)27-20(28)14-17-21(22(27)25)24(30)26-23(17)29/h4-6,8-11,13-14H,2-3,7,12,25H2,1H3,(H,26,29,30). The smallest absolute Gasteiger partial charge is 0.262 e. The Morgan fingerprint density at radius 2 is 1.71 bits per heavy atom. The van der Waals surface area contributed by atoms with Gasteiger partial charge in [0.1, 0.15) is 11.6 Å². The van der Waals surface area contributed by atoms with E-state index in [2.05, 4.69) is 12.2 Å². The van der Waals surface area contributed by atoms with Gasteiger partial charge in [-0.3, -0.25) is 24.3 Å². The normalized spacial score (nSPS) is 12.5. The maximum absolute atomic E-state index is 13.0. The molecule has 1 aromatic heterocycles. The number of fused-ring (bicyclic) bond motifs is 1. The zero-order valence-electron chi connectivity index (χ0n) is 17.2. The predicted molar refractivity (Wildman–Crippen MR) is 119 cm³/mol. The number of imide groups is 1. The molecule has 4 rings (SSSR count). The zero-order chi connectivity index (χ0) is 22.0. The Balaban J connectivity index is 1.88. The van der Waals surface area contributed by atoms with Gasteiger partial charge < -0.3 is 10.5 Å². The fraction of sp³-hybridized carbons (Fsp3) is 0.208. The highest BCUT2D eigenvalue weighted by Gasteiger charge is 2.32. The van der Waals surface area contributed by atoms with E-state index < -0.39 is 17.4 Å². The molecule has 158 valence electrons. The number of nitrogen functional groups attached to an aromatic ring is 1. The largest absolute Gasteiger partial charge is 0.491 e. The number of benzene rings is 2. The van der Waals surface area contributed by atoms with E-state index in [4.69, 9.17) is 10.5 Å². The van der Waals surface area contributed by atoms with Crippen molar-refractivity contribution in [1.29, 1.82) is 0 Å². The minimum Gasteiger partial charge on any atom is -0.491 e. The zero-order valence-corrected chi connectivity index (χ0v) is 17.2. The van der Waals surface area contributed by atoms with Crippen LogP contribution in [-0.2, 0) is 0 Å². The molecule has 0 spiro atoms. The van der Waals surface area contributed by atoms with Gasteiger partial charge in [0.25, 0.3) is 17.4 Å². The summed E-state index contributed by atoms with van der Waals surface area (Å²) >= 11 is 0. The predicted octanol–water partition coefficient (Wildman–Crippen LogP) is 3.54. The fourth-order valence-electron chi connectivity index (χ4n) is 3.69. The Hall–Kier alpha value is -3.87. The van der Waals surface area contributed by atoms with Crippen LogP contribution in [0.4, 0.5) is 5.82 Å². The maximum atomic E-state index is 13.0. The summed E-state index contributed by atoms with van der Waals surface area (Å²) in [6.45, 7) is 2.60. The third-order valence-corrected chi connectivity index (χ3v) is 5.27. The summed E-state index contributed by atoms with van der Waals surface area (Å²) in [6.07, 6.45) is 2.96. The molecule has 3 N–H and O–H groups in total. The van der Waals surface area contributed by atoms with Gasteiger partial charge in [-0.05, 0) is 29.7 Å². The highest BCUT2D eigenvalue weighted by atomic mass is 16.5. The number of rotatable bonds is 7. The molecule has 0 atom stereocenters. The lowest BCUT2D eigenvalue weighted by molar-refractivity contribution is 0.0880. The molecule has 31 heavy (non-hydrogen) atoms. The number of nitrogens with two attached hydrogens (primary N) is 1. The number of carbonyl (C=O) groups excluding carboxylic acids is 2. The summed E-state index contributed by atoms with van der Waals surface area (Å²) in [4.78, 5) is 37.2. The second-order valence-electron chi connectivity index (χ2n) is 7.38. The number of hydrogen-bond acceptors (Lipinski definition) is 5. The summed E-state index contributed by atoms with van der Waals surface area (Å²) in [6, 6.07) is 16.4. The van der Waals surface area contributed by atoms with Gasteiger partial charge in [0.05, 0.1) is 23.4 Å². The highest BCUT2D eigenvalue weighted by Crippen LogP contribution is 2.32. The lowest BCUT2D eigenvalue weighted by Crippen LogP contribution is -2.24. The fourth-order valence-corrected chi connectivity index (χ4v) is 3.69. The Morgan fingerprint density at radius 1 is 0.935 bits per heavy atom. The Bertz CT molecular complexity index is 1220. The summed E-state index contributed by atoms with van der Waals surface area (Å²) < 4.78 is 7.21. The van der Waals surface area contributed by atoms with Crippen molar-refractivity contribution in [3.05, 3.63) is 76.1 Å². The van der Waals surface area contributed by atoms with Crippen molar-refractivity contribution < 1.29 is 14.3 Å². The first-order valence-electron chi connectivity index (χ1n) is 10.2. The molecule has 7 heteroatoms.